The molecule has 37 heavy (non-hydrogen) atoms. The maximum Gasteiger partial charge on any atom is 0.322 e. The number of aromatic nitrogens is 2. The van der Waals surface area contributed by atoms with Crippen LogP contribution in [0.4, 0.5) is 4.79 Å². The van der Waals surface area contributed by atoms with Crippen LogP contribution in [-0.2, 0) is 16.9 Å². The Bertz CT molecular complexity index is 1670. The maximum atomic E-state index is 13.1. The fourth-order valence-electron chi connectivity index (χ4n) is 4.72. The first kappa shape index (κ1) is 22.4. The summed E-state index contributed by atoms with van der Waals surface area (Å²) in [5.74, 6) is 1.26. The number of aromatic hydroxyl groups is 1. The largest absolute Gasteiger partial charge is 0.497 e. The van der Waals surface area contributed by atoms with E-state index < -0.39 is 17.5 Å². The fourth-order valence-corrected chi connectivity index (χ4v) is 4.72. The molecule has 3 amide bonds. The van der Waals surface area contributed by atoms with Crippen LogP contribution in [0.5, 0.6) is 23.1 Å². The Morgan fingerprint density at radius 3 is 2.51 bits per heavy atom. The Morgan fingerprint density at radius 2 is 1.76 bits per heavy atom. The average Bonchev–Trinajstić information content (AvgIpc) is 3.38. The molecule has 1 fully saturated rings. The van der Waals surface area contributed by atoms with E-state index >= 15 is 0 Å². The number of fused-ring (bicyclic) bond motifs is 2. The Kier molecular flexibility index (Phi) is 5.19. The van der Waals surface area contributed by atoms with Crippen molar-refractivity contribution in [3.63, 3.8) is 0 Å². The molecule has 1 aliphatic rings. The first-order valence-electron chi connectivity index (χ1n) is 11.6. The molecular weight excluding hydrogens is 472 g/mol. The van der Waals surface area contributed by atoms with Crippen molar-refractivity contribution in [1.29, 1.82) is 0 Å². The molecule has 9 nitrogen and oxygen atoms in total. The van der Waals surface area contributed by atoms with E-state index in [9.17, 15) is 14.7 Å². The minimum Gasteiger partial charge on any atom is -0.497 e. The lowest BCUT2D eigenvalue weighted by atomic mass is 9.89. The van der Waals surface area contributed by atoms with Gasteiger partial charge in [0.15, 0.2) is 11.4 Å². The second-order valence-corrected chi connectivity index (χ2v) is 8.80. The van der Waals surface area contributed by atoms with Gasteiger partial charge in [0, 0.05) is 28.6 Å². The third-order valence-electron chi connectivity index (χ3n) is 6.60. The molecule has 3 N–H and O–H groups in total. The second-order valence-electron chi connectivity index (χ2n) is 8.80. The van der Waals surface area contributed by atoms with E-state index in [1.807, 2.05) is 30.3 Å². The van der Waals surface area contributed by atoms with E-state index in [2.05, 4.69) is 15.6 Å². The van der Waals surface area contributed by atoms with Crippen molar-refractivity contribution in [2.24, 2.45) is 0 Å². The number of benzene rings is 3. The zero-order chi connectivity index (χ0) is 25.6. The molecule has 1 atom stereocenters. The van der Waals surface area contributed by atoms with Crippen molar-refractivity contribution in [3.8, 4) is 23.1 Å². The lowest BCUT2D eigenvalue weighted by Gasteiger charge is -2.27. The van der Waals surface area contributed by atoms with Crippen molar-refractivity contribution in [2.75, 3.05) is 7.11 Å². The van der Waals surface area contributed by atoms with Gasteiger partial charge in [-0.2, -0.15) is 0 Å². The van der Waals surface area contributed by atoms with E-state index in [0.717, 1.165) is 16.3 Å². The van der Waals surface area contributed by atoms with Crippen molar-refractivity contribution in [3.05, 3.63) is 90.8 Å². The molecule has 3 aromatic carbocycles. The Morgan fingerprint density at radius 1 is 0.973 bits per heavy atom. The summed E-state index contributed by atoms with van der Waals surface area (Å²) in [5, 5.41) is 18.2. The molecule has 6 rings (SSSR count). The molecule has 9 heteroatoms. The van der Waals surface area contributed by atoms with Gasteiger partial charge >= 0.3 is 6.03 Å². The number of hydrogen-bond acceptors (Lipinski definition) is 6. The third kappa shape index (κ3) is 3.77. The highest BCUT2D eigenvalue weighted by atomic mass is 16.5. The van der Waals surface area contributed by atoms with E-state index in [4.69, 9.17) is 9.47 Å². The molecule has 0 spiro atoms. The molecule has 1 saturated heterocycles. The lowest BCUT2D eigenvalue weighted by Crippen LogP contribution is -2.47. The topological polar surface area (TPSA) is 115 Å². The van der Waals surface area contributed by atoms with Crippen LogP contribution in [0.1, 0.15) is 5.56 Å². The zero-order valence-electron chi connectivity index (χ0n) is 19.8. The molecule has 3 heterocycles. The summed E-state index contributed by atoms with van der Waals surface area (Å²) in [4.78, 5) is 29.7. The van der Waals surface area contributed by atoms with Gasteiger partial charge in [0.05, 0.1) is 19.2 Å². The number of para-hydroxylation sites is 1. The molecule has 184 valence electrons. The summed E-state index contributed by atoms with van der Waals surface area (Å²) in [6.07, 6.45) is 3.41. The van der Waals surface area contributed by atoms with Gasteiger partial charge in [0.2, 0.25) is 0 Å². The van der Waals surface area contributed by atoms with Gasteiger partial charge in [-0.3, -0.25) is 15.1 Å². The smallest absolute Gasteiger partial charge is 0.322 e. The summed E-state index contributed by atoms with van der Waals surface area (Å²) in [7, 11) is 1.55. The minimum absolute atomic E-state index is 0.0252. The summed E-state index contributed by atoms with van der Waals surface area (Å²) < 4.78 is 12.9. The zero-order valence-corrected chi connectivity index (χ0v) is 19.8. The Labute approximate surface area is 211 Å². The van der Waals surface area contributed by atoms with Crippen molar-refractivity contribution in [1.82, 2.24) is 20.2 Å². The lowest BCUT2D eigenvalue weighted by molar-refractivity contribution is -0.124. The monoisotopic (exact) mass is 494 g/mol. The highest BCUT2D eigenvalue weighted by Crippen LogP contribution is 2.36. The van der Waals surface area contributed by atoms with Crippen LogP contribution in [0.2, 0.25) is 0 Å². The first-order valence-corrected chi connectivity index (χ1v) is 11.6. The number of rotatable bonds is 6. The fraction of sp³-hybridized carbons (Fsp3) is 0.107. The molecule has 0 saturated carbocycles. The molecule has 1 aliphatic heterocycles. The minimum atomic E-state index is -1.43. The first-order chi connectivity index (χ1) is 18.0. The highest BCUT2D eigenvalue weighted by Gasteiger charge is 2.48. The molecule has 0 bridgehead atoms. The molecule has 5 aromatic rings. The van der Waals surface area contributed by atoms with E-state index in [1.165, 1.54) is 0 Å². The summed E-state index contributed by atoms with van der Waals surface area (Å²) in [6, 6.07) is 21.1. The predicted octanol–water partition coefficient (Wildman–Crippen LogP) is 4.43. The summed E-state index contributed by atoms with van der Waals surface area (Å²) in [6.45, 7) is -0.0252. The standard InChI is InChI=1S/C28H22N4O5/c1-36-20-9-6-17-15-32(25(33)22(17)14-20)16-28(26(34)30-27(35)31-28)18-7-10-19(11-8-18)37-24-12-13-29-23-5-3-2-4-21(23)24/h2-15,33H,16H2,1H3,(H2,30,31,34,35)/t28-/m0/s1. The summed E-state index contributed by atoms with van der Waals surface area (Å²) >= 11 is 0. The Hall–Kier alpha value is -5.05. The number of hydrogen-bond donors (Lipinski definition) is 3. The number of imide groups is 1. The van der Waals surface area contributed by atoms with Crippen LogP contribution in [0.25, 0.3) is 21.7 Å². The average molecular weight is 495 g/mol. The number of nitrogens with zero attached hydrogens (tertiary/aromatic N) is 2. The van der Waals surface area contributed by atoms with Gasteiger partial charge in [-0.05, 0) is 54.1 Å². The second kappa shape index (κ2) is 8.56. The van der Waals surface area contributed by atoms with Crippen molar-refractivity contribution < 1.29 is 24.2 Å². The number of pyridine rings is 1. The summed E-state index contributed by atoms with van der Waals surface area (Å²) in [5.41, 5.74) is -0.0785. The SMILES string of the molecule is COc1ccc2cn(C[C@@]3(c4ccc(Oc5ccnc6ccccc56)cc4)NC(=O)NC3=O)c(O)c2c1. The van der Waals surface area contributed by atoms with Crippen LogP contribution >= 0.6 is 0 Å². The third-order valence-corrected chi connectivity index (χ3v) is 6.60. The highest BCUT2D eigenvalue weighted by molar-refractivity contribution is 6.07. The number of amides is 3. The van der Waals surface area contributed by atoms with Gasteiger partial charge < -0.3 is 24.5 Å². The van der Waals surface area contributed by atoms with Gasteiger partial charge in [-0.25, -0.2) is 4.79 Å². The van der Waals surface area contributed by atoms with Crippen LogP contribution in [0.15, 0.2) is 85.2 Å². The number of carbonyl (C=O) groups excluding carboxylic acids is 2. The number of urea groups is 1. The van der Waals surface area contributed by atoms with Gasteiger partial charge in [0.1, 0.15) is 17.2 Å². The molecule has 0 radical (unpaired) electrons. The Balaban J connectivity index is 1.35. The van der Waals surface area contributed by atoms with Gasteiger partial charge in [0.25, 0.3) is 5.91 Å². The van der Waals surface area contributed by atoms with E-state index in [1.54, 1.807) is 66.5 Å². The van der Waals surface area contributed by atoms with Crippen molar-refractivity contribution in [2.45, 2.75) is 12.1 Å². The molecule has 2 aromatic heterocycles. The van der Waals surface area contributed by atoms with Crippen molar-refractivity contribution >= 4 is 33.6 Å². The molecular formula is C28H22N4O5. The number of ether oxygens (including phenoxy) is 2. The number of methoxy groups -OCH3 is 1. The number of carbonyl (C=O) groups is 2. The van der Waals surface area contributed by atoms with Crippen LogP contribution < -0.4 is 20.1 Å². The van der Waals surface area contributed by atoms with Gasteiger partial charge in [-0.1, -0.05) is 24.3 Å². The number of nitrogens with one attached hydrogen (secondary N) is 2. The van der Waals surface area contributed by atoms with E-state index in [0.29, 0.717) is 28.2 Å². The van der Waals surface area contributed by atoms with Crippen LogP contribution in [0, 0.1) is 0 Å². The maximum absolute atomic E-state index is 13.1. The quantitative estimate of drug-likeness (QED) is 0.301. The van der Waals surface area contributed by atoms with Crippen LogP contribution in [-0.4, -0.2) is 33.7 Å². The molecule has 0 unspecified atom stereocenters. The molecule has 0 aliphatic carbocycles. The van der Waals surface area contributed by atoms with E-state index in [-0.39, 0.29) is 12.4 Å². The van der Waals surface area contributed by atoms with Crippen LogP contribution in [0.3, 0.4) is 0 Å². The van der Waals surface area contributed by atoms with Gasteiger partial charge in [-0.15, -0.1) is 0 Å². The normalized spacial score (nSPS) is 17.1. The predicted molar refractivity (Wildman–Crippen MR) is 137 cm³/mol.